The second-order valence-corrected chi connectivity index (χ2v) is 9.70. The van der Waals surface area contributed by atoms with Gasteiger partial charge in [0, 0.05) is 12.8 Å². The number of sulfonamides is 1. The van der Waals surface area contributed by atoms with Crippen LogP contribution < -0.4 is 10.0 Å². The second kappa shape index (κ2) is 9.51. The average molecular weight is 490 g/mol. The van der Waals surface area contributed by atoms with E-state index in [0.29, 0.717) is 0 Å². The number of halogens is 2. The molecule has 0 spiro atoms. The van der Waals surface area contributed by atoms with Crippen molar-refractivity contribution in [1.82, 2.24) is 4.98 Å². The number of aryl methyl sites for hydroxylation is 1. The molecule has 4 rings (SSSR count). The van der Waals surface area contributed by atoms with Crippen molar-refractivity contribution in [3.8, 4) is 11.3 Å². The molecule has 0 bridgehead atoms. The van der Waals surface area contributed by atoms with Crippen LogP contribution in [0.5, 0.6) is 0 Å². The summed E-state index contributed by atoms with van der Waals surface area (Å²) in [6.07, 6.45) is 1.22. The Labute approximate surface area is 192 Å². The average Bonchev–Trinajstić information content (AvgIpc) is 3.46. The summed E-state index contributed by atoms with van der Waals surface area (Å²) < 4.78 is 60.8. The predicted octanol–water partition coefficient (Wildman–Crippen LogP) is 5.05. The number of carbonyl (C=O) groups is 1. The summed E-state index contributed by atoms with van der Waals surface area (Å²) in [4.78, 5) is 16.4. The molecule has 2 N–H and O–H groups in total. The number of nitrogens with zero attached hydrogens (tertiary/aromatic N) is 1. The van der Waals surface area contributed by atoms with Gasteiger partial charge >= 0.3 is 0 Å². The molecule has 33 heavy (non-hydrogen) atoms. The van der Waals surface area contributed by atoms with Gasteiger partial charge < -0.3 is 9.73 Å². The molecule has 0 aliphatic rings. The summed E-state index contributed by atoms with van der Waals surface area (Å²) in [5.41, 5.74) is 0.171. The van der Waals surface area contributed by atoms with Gasteiger partial charge in [0.05, 0.1) is 23.1 Å². The number of oxazole rings is 1. The number of amides is 1. The van der Waals surface area contributed by atoms with Gasteiger partial charge in [0.1, 0.15) is 15.8 Å². The Hall–Kier alpha value is -3.57. The Balaban J connectivity index is 1.41. The van der Waals surface area contributed by atoms with E-state index in [0.717, 1.165) is 23.5 Å². The lowest BCUT2D eigenvalue weighted by atomic mass is 10.1. The summed E-state index contributed by atoms with van der Waals surface area (Å²) in [6.45, 7) is 0. The molecule has 0 atom stereocenters. The van der Waals surface area contributed by atoms with Crippen LogP contribution in [0.2, 0.25) is 0 Å². The number of benzene rings is 2. The normalized spacial score (nSPS) is 11.3. The van der Waals surface area contributed by atoms with Crippen LogP contribution >= 0.6 is 11.3 Å². The minimum absolute atomic E-state index is 0.0499. The number of aromatic nitrogens is 1. The number of anilines is 2. The van der Waals surface area contributed by atoms with E-state index in [1.54, 1.807) is 29.6 Å². The zero-order valence-corrected chi connectivity index (χ0v) is 18.6. The van der Waals surface area contributed by atoms with Crippen LogP contribution in [0, 0.1) is 11.6 Å². The van der Waals surface area contributed by atoms with Gasteiger partial charge in [-0.25, -0.2) is 22.2 Å². The summed E-state index contributed by atoms with van der Waals surface area (Å²) in [7, 11) is -3.78. The molecule has 0 saturated heterocycles. The molecule has 2 aromatic heterocycles. The lowest BCUT2D eigenvalue weighted by Gasteiger charge is -2.12. The molecule has 0 aliphatic heterocycles. The number of para-hydroxylation sites is 2. The van der Waals surface area contributed by atoms with Gasteiger partial charge in [-0.1, -0.05) is 24.3 Å². The summed E-state index contributed by atoms with van der Waals surface area (Å²) >= 11 is 1.07. The van der Waals surface area contributed by atoms with Crippen LogP contribution in [-0.4, -0.2) is 19.3 Å². The fraction of sp³-hybridized carbons (Fsp3) is 0.0909. The van der Waals surface area contributed by atoms with Crippen molar-refractivity contribution in [2.24, 2.45) is 0 Å². The molecule has 2 heterocycles. The van der Waals surface area contributed by atoms with E-state index >= 15 is 0 Å². The van der Waals surface area contributed by atoms with Crippen LogP contribution in [0.4, 0.5) is 20.2 Å². The van der Waals surface area contributed by atoms with Gasteiger partial charge in [0.15, 0.2) is 11.7 Å². The Bertz CT molecular complexity index is 1370. The van der Waals surface area contributed by atoms with Crippen molar-refractivity contribution in [1.29, 1.82) is 0 Å². The largest absolute Gasteiger partial charge is 0.441 e. The Morgan fingerprint density at radius 1 is 1.00 bits per heavy atom. The fourth-order valence-corrected chi connectivity index (χ4v) is 5.07. The van der Waals surface area contributed by atoms with Gasteiger partial charge in [0.2, 0.25) is 5.91 Å². The van der Waals surface area contributed by atoms with Gasteiger partial charge in [-0.15, -0.1) is 11.3 Å². The maximum atomic E-state index is 13.9. The summed E-state index contributed by atoms with van der Waals surface area (Å²) in [5, 5.41) is 4.30. The van der Waals surface area contributed by atoms with Crippen LogP contribution in [0.15, 0.2) is 74.8 Å². The number of rotatable bonds is 8. The molecule has 11 heteroatoms. The first-order valence-electron chi connectivity index (χ1n) is 9.68. The van der Waals surface area contributed by atoms with E-state index in [4.69, 9.17) is 4.42 Å². The van der Waals surface area contributed by atoms with E-state index < -0.39 is 27.6 Å². The van der Waals surface area contributed by atoms with Gasteiger partial charge in [-0.05, 0) is 35.7 Å². The smallest absolute Gasteiger partial charge is 0.271 e. The Morgan fingerprint density at radius 3 is 2.42 bits per heavy atom. The molecule has 0 fully saturated rings. The van der Waals surface area contributed by atoms with Gasteiger partial charge in [-0.3, -0.25) is 9.52 Å². The van der Waals surface area contributed by atoms with E-state index in [9.17, 15) is 22.0 Å². The number of nitrogens with one attached hydrogen (secondary N) is 2. The maximum Gasteiger partial charge on any atom is 0.271 e. The van der Waals surface area contributed by atoms with Gasteiger partial charge in [-0.2, -0.15) is 0 Å². The molecular weight excluding hydrogens is 472 g/mol. The van der Waals surface area contributed by atoms with Crippen LogP contribution in [-0.2, 0) is 21.2 Å². The van der Waals surface area contributed by atoms with E-state index in [1.807, 2.05) is 0 Å². The molecule has 0 aliphatic carbocycles. The van der Waals surface area contributed by atoms with Crippen molar-refractivity contribution in [2.75, 3.05) is 10.0 Å². The molecule has 0 radical (unpaired) electrons. The van der Waals surface area contributed by atoms with Crippen molar-refractivity contribution < 1.29 is 26.4 Å². The molecular formula is C22H17F2N3O4S2. The lowest BCUT2D eigenvalue weighted by Crippen LogP contribution is -2.16. The van der Waals surface area contributed by atoms with Crippen LogP contribution in [0.3, 0.4) is 0 Å². The first kappa shape index (κ1) is 22.6. The Kier molecular flexibility index (Phi) is 6.52. The standard InChI is InChI=1S/C22H17F2N3O4S2/c23-14-5-3-6-15(24)22(14)18-13-25-20(31-18)11-10-19(28)26-16-7-1-2-8-17(16)27-33(29,30)21-9-4-12-32-21/h1-9,12-13,27H,10-11H2,(H,26,28). The predicted molar refractivity (Wildman–Crippen MR) is 120 cm³/mol. The van der Waals surface area contributed by atoms with E-state index in [1.165, 1.54) is 24.4 Å². The third-order valence-corrected chi connectivity index (χ3v) is 7.30. The summed E-state index contributed by atoms with van der Waals surface area (Å²) in [6, 6.07) is 13.0. The topological polar surface area (TPSA) is 101 Å². The zero-order chi connectivity index (χ0) is 23.4. The third kappa shape index (κ3) is 5.26. The third-order valence-electron chi connectivity index (χ3n) is 4.53. The van der Waals surface area contributed by atoms with Gasteiger partial charge in [0.25, 0.3) is 10.0 Å². The number of carbonyl (C=O) groups excluding carboxylic acids is 1. The van der Waals surface area contributed by atoms with Crippen molar-refractivity contribution in [3.05, 3.63) is 83.7 Å². The summed E-state index contributed by atoms with van der Waals surface area (Å²) in [5.74, 6) is -1.92. The van der Waals surface area contributed by atoms with Crippen molar-refractivity contribution >= 4 is 38.6 Å². The molecule has 2 aromatic carbocycles. The fourth-order valence-electron chi connectivity index (χ4n) is 3.00. The van der Waals surface area contributed by atoms with E-state index in [2.05, 4.69) is 15.0 Å². The van der Waals surface area contributed by atoms with Crippen molar-refractivity contribution in [3.63, 3.8) is 0 Å². The Morgan fingerprint density at radius 2 is 1.73 bits per heavy atom. The first-order chi connectivity index (χ1) is 15.8. The highest BCUT2D eigenvalue weighted by Crippen LogP contribution is 2.28. The highest BCUT2D eigenvalue weighted by molar-refractivity contribution is 7.94. The van der Waals surface area contributed by atoms with E-state index in [-0.39, 0.29) is 45.6 Å². The highest BCUT2D eigenvalue weighted by Gasteiger charge is 2.19. The minimum Gasteiger partial charge on any atom is -0.441 e. The zero-order valence-electron chi connectivity index (χ0n) is 16.9. The number of hydrogen-bond acceptors (Lipinski definition) is 6. The quantitative estimate of drug-likeness (QED) is 0.361. The monoisotopic (exact) mass is 489 g/mol. The highest BCUT2D eigenvalue weighted by atomic mass is 32.2. The molecule has 1 amide bonds. The van der Waals surface area contributed by atoms with Crippen LogP contribution in [0.25, 0.3) is 11.3 Å². The molecule has 7 nitrogen and oxygen atoms in total. The molecule has 0 saturated carbocycles. The number of hydrogen-bond donors (Lipinski definition) is 2. The lowest BCUT2D eigenvalue weighted by molar-refractivity contribution is -0.116. The second-order valence-electron chi connectivity index (χ2n) is 6.85. The molecule has 4 aromatic rings. The SMILES string of the molecule is O=C(CCc1ncc(-c2c(F)cccc2F)o1)Nc1ccccc1NS(=O)(=O)c1cccs1. The molecule has 0 unspecified atom stereocenters. The first-order valence-corrected chi connectivity index (χ1v) is 12.0. The number of thiophene rings is 1. The maximum absolute atomic E-state index is 13.9. The minimum atomic E-state index is -3.78. The molecule has 170 valence electrons. The van der Waals surface area contributed by atoms with Crippen LogP contribution in [0.1, 0.15) is 12.3 Å². The van der Waals surface area contributed by atoms with Crippen molar-refractivity contribution in [2.45, 2.75) is 17.1 Å².